The van der Waals surface area contributed by atoms with E-state index in [0.717, 1.165) is 24.0 Å². The average Bonchev–Trinajstić information content (AvgIpc) is 3.10. The number of nitrogens with one attached hydrogen (secondary N) is 2. The van der Waals surface area contributed by atoms with Crippen molar-refractivity contribution in [3.8, 4) is 0 Å². The molecule has 0 aliphatic heterocycles. The maximum absolute atomic E-state index is 11.6. The molecule has 0 spiro atoms. The molecule has 0 aromatic heterocycles. The summed E-state index contributed by atoms with van der Waals surface area (Å²) in [5, 5.41) is 5.46. The van der Waals surface area contributed by atoms with Crippen molar-refractivity contribution in [2.24, 2.45) is 0 Å². The Bertz CT molecular complexity index is 453. The molecule has 1 saturated carbocycles. The van der Waals surface area contributed by atoms with Gasteiger partial charge in [0.1, 0.15) is 0 Å². The molecule has 1 aromatic carbocycles. The van der Waals surface area contributed by atoms with E-state index in [1.807, 2.05) is 31.2 Å². The van der Waals surface area contributed by atoms with Crippen LogP contribution >= 0.6 is 0 Å². The van der Waals surface area contributed by atoms with Gasteiger partial charge in [0.2, 0.25) is 11.8 Å². The van der Waals surface area contributed by atoms with E-state index < -0.39 is 0 Å². The normalized spacial score (nSPS) is 14.1. The first-order chi connectivity index (χ1) is 8.63. The molecule has 1 aliphatic rings. The fraction of sp³-hybridized carbons (Fsp3) is 0.429. The van der Waals surface area contributed by atoms with E-state index in [0.29, 0.717) is 12.5 Å². The Balaban J connectivity index is 1.72. The molecule has 18 heavy (non-hydrogen) atoms. The van der Waals surface area contributed by atoms with Crippen molar-refractivity contribution in [1.82, 2.24) is 10.6 Å². The Morgan fingerprint density at radius 3 is 2.72 bits per heavy atom. The molecule has 0 heterocycles. The molecule has 1 aliphatic carbocycles. The summed E-state index contributed by atoms with van der Waals surface area (Å²) in [7, 11) is 0. The highest BCUT2D eigenvalue weighted by Gasteiger charge is 2.23. The first kappa shape index (κ1) is 12.6. The Morgan fingerprint density at radius 2 is 2.06 bits per heavy atom. The summed E-state index contributed by atoms with van der Waals surface area (Å²) in [5.74, 6) is -0.221. The van der Waals surface area contributed by atoms with Crippen LogP contribution in [0.3, 0.4) is 0 Å². The number of benzene rings is 1. The van der Waals surface area contributed by atoms with Gasteiger partial charge in [-0.05, 0) is 25.3 Å². The second kappa shape index (κ2) is 5.67. The molecule has 0 unspecified atom stereocenters. The van der Waals surface area contributed by atoms with Crippen molar-refractivity contribution >= 4 is 11.8 Å². The Morgan fingerprint density at radius 1 is 1.28 bits per heavy atom. The summed E-state index contributed by atoms with van der Waals surface area (Å²) in [6, 6.07) is 8.15. The van der Waals surface area contributed by atoms with Gasteiger partial charge < -0.3 is 10.6 Å². The number of hydrogen-bond donors (Lipinski definition) is 2. The average molecular weight is 246 g/mol. The molecule has 4 nitrogen and oxygen atoms in total. The Hall–Kier alpha value is -1.84. The zero-order valence-corrected chi connectivity index (χ0v) is 10.5. The van der Waals surface area contributed by atoms with Crippen molar-refractivity contribution in [1.29, 1.82) is 0 Å². The van der Waals surface area contributed by atoms with E-state index in [4.69, 9.17) is 0 Å². The molecule has 1 aromatic rings. The van der Waals surface area contributed by atoms with Crippen LogP contribution in [-0.2, 0) is 16.0 Å². The summed E-state index contributed by atoms with van der Waals surface area (Å²) in [5.41, 5.74) is 2.10. The van der Waals surface area contributed by atoms with Crippen LogP contribution in [0.5, 0.6) is 0 Å². The van der Waals surface area contributed by atoms with Crippen LogP contribution in [0.2, 0.25) is 0 Å². The van der Waals surface area contributed by atoms with Gasteiger partial charge in [-0.2, -0.15) is 0 Å². The van der Waals surface area contributed by atoms with Gasteiger partial charge in [-0.3, -0.25) is 9.59 Å². The van der Waals surface area contributed by atoms with Crippen molar-refractivity contribution in [2.45, 2.75) is 32.2 Å². The van der Waals surface area contributed by atoms with Crippen LogP contribution < -0.4 is 10.6 Å². The predicted octanol–water partition coefficient (Wildman–Crippen LogP) is 0.932. The molecule has 4 heteroatoms. The highest BCUT2D eigenvalue weighted by atomic mass is 16.2. The van der Waals surface area contributed by atoms with Crippen molar-refractivity contribution in [2.75, 3.05) is 6.54 Å². The number of aryl methyl sites for hydroxylation is 1. The number of carbonyl (C=O) groups excluding carboxylic acids is 2. The summed E-state index contributed by atoms with van der Waals surface area (Å²) in [4.78, 5) is 23.0. The van der Waals surface area contributed by atoms with Crippen LogP contribution in [0.25, 0.3) is 0 Å². The molecule has 0 saturated heterocycles. The van der Waals surface area contributed by atoms with Crippen LogP contribution in [-0.4, -0.2) is 24.4 Å². The summed E-state index contributed by atoms with van der Waals surface area (Å²) in [6.07, 6.45) is 2.43. The smallest absolute Gasteiger partial charge is 0.239 e. The lowest BCUT2D eigenvalue weighted by atomic mass is 10.1. The number of carbonyl (C=O) groups is 2. The van der Waals surface area contributed by atoms with E-state index in [-0.39, 0.29) is 18.4 Å². The number of amides is 2. The van der Waals surface area contributed by atoms with Gasteiger partial charge in [-0.1, -0.05) is 29.8 Å². The lowest BCUT2D eigenvalue weighted by molar-refractivity contribution is -0.125. The van der Waals surface area contributed by atoms with Gasteiger partial charge >= 0.3 is 0 Å². The van der Waals surface area contributed by atoms with E-state index in [9.17, 15) is 9.59 Å². The van der Waals surface area contributed by atoms with Crippen LogP contribution in [0.4, 0.5) is 0 Å². The van der Waals surface area contributed by atoms with Crippen LogP contribution in [0.1, 0.15) is 24.0 Å². The maximum Gasteiger partial charge on any atom is 0.239 e. The first-order valence-corrected chi connectivity index (χ1v) is 6.25. The summed E-state index contributed by atoms with van der Waals surface area (Å²) in [6.45, 7) is 2.06. The third-order valence-electron chi connectivity index (χ3n) is 2.84. The monoisotopic (exact) mass is 246 g/mol. The van der Waals surface area contributed by atoms with E-state index >= 15 is 0 Å². The second-order valence-corrected chi connectivity index (χ2v) is 4.78. The molecule has 2 amide bonds. The largest absolute Gasteiger partial charge is 0.352 e. The molecule has 0 bridgehead atoms. The molecular formula is C14H18N2O2. The minimum absolute atomic E-state index is 0.0706. The van der Waals surface area contributed by atoms with Crippen molar-refractivity contribution in [3.63, 3.8) is 0 Å². The topological polar surface area (TPSA) is 58.2 Å². The predicted molar refractivity (Wildman–Crippen MR) is 69.1 cm³/mol. The zero-order chi connectivity index (χ0) is 13.0. The molecule has 2 N–H and O–H groups in total. The van der Waals surface area contributed by atoms with Gasteiger partial charge in [0.15, 0.2) is 0 Å². The molecular weight excluding hydrogens is 228 g/mol. The van der Waals surface area contributed by atoms with Crippen LogP contribution in [0.15, 0.2) is 24.3 Å². The quantitative estimate of drug-likeness (QED) is 0.812. The molecule has 0 atom stereocenters. The zero-order valence-electron chi connectivity index (χ0n) is 10.5. The lowest BCUT2D eigenvalue weighted by Crippen LogP contribution is -2.38. The fourth-order valence-corrected chi connectivity index (χ4v) is 1.76. The van der Waals surface area contributed by atoms with Gasteiger partial charge in [0, 0.05) is 6.04 Å². The Kier molecular flexibility index (Phi) is 3.97. The standard InChI is InChI=1S/C14H18N2O2/c1-10-3-2-4-11(7-10)8-13(17)15-9-14(18)16-12-5-6-12/h2-4,7,12H,5-6,8-9H2,1H3,(H,15,17)(H,16,18). The third-order valence-corrected chi connectivity index (χ3v) is 2.84. The SMILES string of the molecule is Cc1cccc(CC(=O)NCC(=O)NC2CC2)c1. The minimum Gasteiger partial charge on any atom is -0.352 e. The molecule has 1 fully saturated rings. The third kappa shape index (κ3) is 4.20. The number of rotatable bonds is 5. The van der Waals surface area contributed by atoms with Gasteiger partial charge in [0.25, 0.3) is 0 Å². The Labute approximate surface area is 107 Å². The van der Waals surface area contributed by atoms with Gasteiger partial charge in [-0.15, -0.1) is 0 Å². The highest BCUT2D eigenvalue weighted by molar-refractivity contribution is 5.85. The van der Waals surface area contributed by atoms with E-state index in [2.05, 4.69) is 10.6 Å². The fourth-order valence-electron chi connectivity index (χ4n) is 1.76. The molecule has 2 rings (SSSR count). The van der Waals surface area contributed by atoms with E-state index in [1.54, 1.807) is 0 Å². The maximum atomic E-state index is 11.6. The van der Waals surface area contributed by atoms with Crippen molar-refractivity contribution in [3.05, 3.63) is 35.4 Å². The number of hydrogen-bond acceptors (Lipinski definition) is 2. The molecule has 0 radical (unpaired) electrons. The van der Waals surface area contributed by atoms with Crippen LogP contribution in [0, 0.1) is 6.92 Å². The molecule has 96 valence electrons. The van der Waals surface area contributed by atoms with Crippen molar-refractivity contribution < 1.29 is 9.59 Å². The van der Waals surface area contributed by atoms with Gasteiger partial charge in [-0.25, -0.2) is 0 Å². The highest BCUT2D eigenvalue weighted by Crippen LogP contribution is 2.18. The second-order valence-electron chi connectivity index (χ2n) is 4.78. The summed E-state index contributed by atoms with van der Waals surface area (Å²) >= 11 is 0. The minimum atomic E-state index is -0.119. The summed E-state index contributed by atoms with van der Waals surface area (Å²) < 4.78 is 0. The van der Waals surface area contributed by atoms with Gasteiger partial charge in [0.05, 0.1) is 13.0 Å². The first-order valence-electron chi connectivity index (χ1n) is 6.25. The van der Waals surface area contributed by atoms with E-state index in [1.165, 1.54) is 0 Å². The lowest BCUT2D eigenvalue weighted by Gasteiger charge is -2.06.